The molecule has 0 aliphatic rings. The van der Waals surface area contributed by atoms with Crippen molar-refractivity contribution in [2.75, 3.05) is 20.3 Å². The maximum atomic E-state index is 5.12. The molecule has 0 aliphatic carbocycles. The van der Waals surface area contributed by atoms with Crippen LogP contribution in [0.25, 0.3) is 0 Å². The average molecular weight is 213 g/mol. The largest absolute Gasteiger partial charge is 0.383 e. The third kappa shape index (κ3) is 3.60. The van der Waals surface area contributed by atoms with E-state index in [-0.39, 0.29) is 0 Å². The summed E-state index contributed by atoms with van der Waals surface area (Å²) >= 11 is 0. The number of nitrogens with zero attached hydrogens (tertiary/aromatic N) is 3. The highest BCUT2D eigenvalue weighted by Crippen LogP contribution is 2.05. The van der Waals surface area contributed by atoms with Crippen molar-refractivity contribution in [3.05, 3.63) is 11.7 Å². The standard InChI is InChI=1S/C10H19N3O2/c1-5-13(8(2)7-14-4)6-10-11-9(3)15-12-10/h8H,5-7H2,1-4H3/t8-/m0/s1. The monoisotopic (exact) mass is 213 g/mol. The normalized spacial score (nSPS) is 13.4. The Morgan fingerprint density at radius 2 is 2.27 bits per heavy atom. The molecule has 5 heteroatoms. The number of ether oxygens (including phenoxy) is 1. The Morgan fingerprint density at radius 1 is 1.53 bits per heavy atom. The van der Waals surface area contributed by atoms with Crippen molar-refractivity contribution in [3.8, 4) is 0 Å². The number of hydrogen-bond acceptors (Lipinski definition) is 5. The summed E-state index contributed by atoms with van der Waals surface area (Å²) in [4.78, 5) is 6.42. The zero-order valence-corrected chi connectivity index (χ0v) is 9.86. The summed E-state index contributed by atoms with van der Waals surface area (Å²) in [5.41, 5.74) is 0. The Morgan fingerprint density at radius 3 is 2.73 bits per heavy atom. The van der Waals surface area contributed by atoms with Gasteiger partial charge >= 0.3 is 0 Å². The first-order valence-electron chi connectivity index (χ1n) is 5.19. The lowest BCUT2D eigenvalue weighted by atomic mass is 10.3. The first kappa shape index (κ1) is 12.1. The van der Waals surface area contributed by atoms with Gasteiger partial charge in [-0.05, 0) is 13.5 Å². The van der Waals surface area contributed by atoms with Gasteiger partial charge in [-0.1, -0.05) is 12.1 Å². The summed E-state index contributed by atoms with van der Waals surface area (Å²) in [6.45, 7) is 8.39. The van der Waals surface area contributed by atoms with Crippen LogP contribution >= 0.6 is 0 Å². The molecule has 1 aromatic heterocycles. The Bertz CT molecular complexity index is 288. The van der Waals surface area contributed by atoms with Crippen LogP contribution in [0.15, 0.2) is 4.52 Å². The van der Waals surface area contributed by atoms with E-state index in [1.54, 1.807) is 14.0 Å². The number of rotatable bonds is 6. The topological polar surface area (TPSA) is 51.4 Å². The van der Waals surface area contributed by atoms with E-state index in [2.05, 4.69) is 28.9 Å². The Labute approximate surface area is 90.4 Å². The fraction of sp³-hybridized carbons (Fsp3) is 0.800. The number of hydrogen-bond donors (Lipinski definition) is 0. The van der Waals surface area contributed by atoms with E-state index in [0.29, 0.717) is 25.1 Å². The maximum absolute atomic E-state index is 5.12. The van der Waals surface area contributed by atoms with Crippen molar-refractivity contribution < 1.29 is 9.26 Å². The van der Waals surface area contributed by atoms with Crippen LogP contribution in [-0.4, -0.2) is 41.3 Å². The van der Waals surface area contributed by atoms with Crippen molar-refractivity contribution in [1.29, 1.82) is 0 Å². The number of aromatic nitrogens is 2. The minimum absolute atomic E-state index is 0.360. The van der Waals surface area contributed by atoms with Crippen LogP contribution in [0.5, 0.6) is 0 Å². The molecule has 0 radical (unpaired) electrons. The molecular weight excluding hydrogens is 194 g/mol. The lowest BCUT2D eigenvalue weighted by Gasteiger charge is -2.25. The van der Waals surface area contributed by atoms with E-state index in [4.69, 9.17) is 9.26 Å². The van der Waals surface area contributed by atoms with Gasteiger partial charge < -0.3 is 9.26 Å². The molecular formula is C10H19N3O2. The molecule has 0 aromatic carbocycles. The fourth-order valence-electron chi connectivity index (χ4n) is 1.51. The van der Waals surface area contributed by atoms with Crippen LogP contribution in [0.2, 0.25) is 0 Å². The predicted molar refractivity (Wildman–Crippen MR) is 56.5 cm³/mol. The van der Waals surface area contributed by atoms with Crippen LogP contribution in [0, 0.1) is 6.92 Å². The van der Waals surface area contributed by atoms with Crippen LogP contribution in [0.3, 0.4) is 0 Å². The molecule has 1 heterocycles. The fourth-order valence-corrected chi connectivity index (χ4v) is 1.51. The second-order valence-electron chi connectivity index (χ2n) is 3.60. The number of methoxy groups -OCH3 is 1. The van der Waals surface area contributed by atoms with Gasteiger partial charge in [0.05, 0.1) is 13.2 Å². The molecule has 0 aliphatic heterocycles. The second kappa shape index (κ2) is 5.82. The highest BCUT2D eigenvalue weighted by atomic mass is 16.5. The molecule has 5 nitrogen and oxygen atoms in total. The molecule has 1 atom stereocenters. The van der Waals surface area contributed by atoms with E-state index >= 15 is 0 Å². The lowest BCUT2D eigenvalue weighted by molar-refractivity contribution is 0.0960. The zero-order valence-electron chi connectivity index (χ0n) is 9.86. The molecule has 0 saturated heterocycles. The molecule has 86 valence electrons. The highest BCUT2D eigenvalue weighted by molar-refractivity contribution is 4.84. The summed E-state index contributed by atoms with van der Waals surface area (Å²) in [5, 5.41) is 3.88. The summed E-state index contributed by atoms with van der Waals surface area (Å²) in [6.07, 6.45) is 0. The SMILES string of the molecule is CCN(Cc1noc(C)n1)[C@@H](C)COC. The Hall–Kier alpha value is -0.940. The molecule has 0 N–H and O–H groups in total. The van der Waals surface area contributed by atoms with Gasteiger partial charge in [-0.2, -0.15) is 4.98 Å². The molecule has 1 rings (SSSR count). The highest BCUT2D eigenvalue weighted by Gasteiger charge is 2.14. The molecule has 0 bridgehead atoms. The van der Waals surface area contributed by atoms with E-state index in [1.165, 1.54) is 0 Å². The van der Waals surface area contributed by atoms with E-state index in [9.17, 15) is 0 Å². The van der Waals surface area contributed by atoms with Gasteiger partial charge in [0.2, 0.25) is 5.89 Å². The average Bonchev–Trinajstić information content (AvgIpc) is 2.61. The molecule has 0 spiro atoms. The van der Waals surface area contributed by atoms with Crippen molar-refractivity contribution >= 4 is 0 Å². The molecule has 15 heavy (non-hydrogen) atoms. The lowest BCUT2D eigenvalue weighted by Crippen LogP contribution is -2.35. The molecule has 0 amide bonds. The quantitative estimate of drug-likeness (QED) is 0.711. The maximum Gasteiger partial charge on any atom is 0.223 e. The third-order valence-electron chi connectivity index (χ3n) is 2.35. The summed E-state index contributed by atoms with van der Waals surface area (Å²) in [5.74, 6) is 1.35. The van der Waals surface area contributed by atoms with Gasteiger partial charge in [-0.3, -0.25) is 4.90 Å². The van der Waals surface area contributed by atoms with E-state index in [1.807, 2.05) is 0 Å². The van der Waals surface area contributed by atoms with Gasteiger partial charge in [0.25, 0.3) is 0 Å². The van der Waals surface area contributed by atoms with Crippen LogP contribution < -0.4 is 0 Å². The van der Waals surface area contributed by atoms with Crippen molar-refractivity contribution in [2.45, 2.75) is 33.4 Å². The minimum Gasteiger partial charge on any atom is -0.383 e. The van der Waals surface area contributed by atoms with Gasteiger partial charge in [0.15, 0.2) is 5.82 Å². The third-order valence-corrected chi connectivity index (χ3v) is 2.35. The first-order valence-corrected chi connectivity index (χ1v) is 5.19. The Balaban J connectivity index is 2.53. The predicted octanol–water partition coefficient (Wildman–Crippen LogP) is 1.23. The van der Waals surface area contributed by atoms with Gasteiger partial charge in [0, 0.05) is 20.1 Å². The first-order chi connectivity index (χ1) is 7.17. The van der Waals surface area contributed by atoms with Crippen molar-refractivity contribution in [1.82, 2.24) is 15.0 Å². The molecule has 0 saturated carbocycles. The van der Waals surface area contributed by atoms with Crippen molar-refractivity contribution in [3.63, 3.8) is 0 Å². The molecule has 1 aromatic rings. The molecule has 0 unspecified atom stereocenters. The van der Waals surface area contributed by atoms with Gasteiger partial charge in [0.1, 0.15) is 0 Å². The number of likely N-dealkylation sites (N-methyl/N-ethyl adjacent to an activating group) is 1. The van der Waals surface area contributed by atoms with Gasteiger partial charge in [-0.25, -0.2) is 0 Å². The minimum atomic E-state index is 0.360. The van der Waals surface area contributed by atoms with Crippen LogP contribution in [-0.2, 0) is 11.3 Å². The summed E-state index contributed by atoms with van der Waals surface area (Å²) in [7, 11) is 1.71. The summed E-state index contributed by atoms with van der Waals surface area (Å²) in [6, 6.07) is 0.360. The smallest absolute Gasteiger partial charge is 0.223 e. The van der Waals surface area contributed by atoms with E-state index in [0.717, 1.165) is 12.4 Å². The zero-order chi connectivity index (χ0) is 11.3. The van der Waals surface area contributed by atoms with Crippen molar-refractivity contribution in [2.24, 2.45) is 0 Å². The van der Waals surface area contributed by atoms with Crippen LogP contribution in [0.1, 0.15) is 25.6 Å². The number of aryl methyl sites for hydroxylation is 1. The second-order valence-corrected chi connectivity index (χ2v) is 3.60. The molecule has 0 fully saturated rings. The van der Waals surface area contributed by atoms with Gasteiger partial charge in [-0.15, -0.1) is 0 Å². The Kier molecular flexibility index (Phi) is 4.71. The van der Waals surface area contributed by atoms with E-state index < -0.39 is 0 Å². The summed E-state index contributed by atoms with van der Waals surface area (Å²) < 4.78 is 10.1. The van der Waals surface area contributed by atoms with Crippen LogP contribution in [0.4, 0.5) is 0 Å².